The predicted octanol–water partition coefficient (Wildman–Crippen LogP) is 3.00. The van der Waals surface area contributed by atoms with E-state index in [0.717, 1.165) is 5.56 Å². The van der Waals surface area contributed by atoms with E-state index in [9.17, 15) is 14.4 Å². The summed E-state index contributed by atoms with van der Waals surface area (Å²) in [5.41, 5.74) is 0.992. The van der Waals surface area contributed by atoms with Gasteiger partial charge < -0.3 is 19.0 Å². The Morgan fingerprint density at radius 1 is 1.24 bits per heavy atom. The van der Waals surface area contributed by atoms with Gasteiger partial charge in [0.05, 0.1) is 12.3 Å². The molecule has 1 aliphatic heterocycles. The molecule has 0 aliphatic carbocycles. The van der Waals surface area contributed by atoms with Crippen molar-refractivity contribution in [3.8, 4) is 0 Å². The molecule has 1 saturated heterocycles. The summed E-state index contributed by atoms with van der Waals surface area (Å²) in [5.74, 6) is -0.158. The lowest BCUT2D eigenvalue weighted by Gasteiger charge is -2.27. The zero-order valence-corrected chi connectivity index (χ0v) is 17.4. The average Bonchev–Trinajstić information content (AvgIpc) is 3.40. The summed E-state index contributed by atoms with van der Waals surface area (Å²) in [5, 5.41) is -0.378. The van der Waals surface area contributed by atoms with Crippen molar-refractivity contribution >= 4 is 29.5 Å². The lowest BCUT2D eigenvalue weighted by atomic mass is 10.1. The van der Waals surface area contributed by atoms with Crippen LogP contribution in [0.3, 0.4) is 0 Å². The Morgan fingerprint density at radius 3 is 2.59 bits per heavy atom. The number of furan rings is 1. The third-order valence-electron chi connectivity index (χ3n) is 5.02. The van der Waals surface area contributed by atoms with Crippen LogP contribution in [0, 0.1) is 0 Å². The molecular weight excluding hydrogens is 392 g/mol. The predicted molar refractivity (Wildman–Crippen MR) is 109 cm³/mol. The minimum Gasteiger partial charge on any atom is -0.466 e. The van der Waals surface area contributed by atoms with Gasteiger partial charge in [0.15, 0.2) is 6.61 Å². The summed E-state index contributed by atoms with van der Waals surface area (Å²) >= 11 is 1.43. The number of carbonyl (C=O) groups excluding carboxylic acids is 3. The van der Waals surface area contributed by atoms with E-state index in [1.165, 1.54) is 29.8 Å². The van der Waals surface area contributed by atoms with Crippen molar-refractivity contribution < 1.29 is 23.5 Å². The maximum atomic E-state index is 12.6. The quantitative estimate of drug-likeness (QED) is 0.674. The largest absolute Gasteiger partial charge is 0.466 e. The molecule has 2 amide bonds. The van der Waals surface area contributed by atoms with E-state index in [0.29, 0.717) is 11.5 Å². The molecule has 3 rings (SSSR count). The summed E-state index contributed by atoms with van der Waals surface area (Å²) in [4.78, 5) is 40.2. The second kappa shape index (κ2) is 9.17. The second-order valence-corrected chi connectivity index (χ2v) is 7.96. The van der Waals surface area contributed by atoms with Gasteiger partial charge in [-0.3, -0.25) is 9.59 Å². The van der Waals surface area contributed by atoms with Crippen molar-refractivity contribution in [3.63, 3.8) is 0 Å². The molecule has 154 valence electrons. The first kappa shape index (κ1) is 21.0. The van der Waals surface area contributed by atoms with Crippen molar-refractivity contribution in [3.05, 3.63) is 60.1 Å². The topological polar surface area (TPSA) is 80.1 Å². The molecule has 1 aromatic carbocycles. The molecule has 8 heteroatoms. The fraction of sp³-hybridized carbons (Fsp3) is 0.381. The molecule has 0 radical (unpaired) electrons. The van der Waals surface area contributed by atoms with Crippen LogP contribution >= 0.6 is 11.8 Å². The number of ether oxygens (including phenoxy) is 1. The molecule has 0 unspecified atom stereocenters. The number of thioether (sulfide) groups is 1. The molecular formula is C21H24N2O5S. The highest BCUT2D eigenvalue weighted by Gasteiger charge is 2.43. The number of carbonyl (C=O) groups is 3. The molecule has 7 nitrogen and oxygen atoms in total. The zero-order chi connectivity index (χ0) is 21.0. The summed E-state index contributed by atoms with van der Waals surface area (Å²) in [7, 11) is 1.67. The number of hydrogen-bond acceptors (Lipinski definition) is 6. The lowest BCUT2D eigenvalue weighted by Crippen LogP contribution is -2.44. The van der Waals surface area contributed by atoms with Gasteiger partial charge in [0.1, 0.15) is 17.2 Å². The normalized spacial score (nSPS) is 19.6. The lowest BCUT2D eigenvalue weighted by molar-refractivity contribution is -0.158. The number of likely N-dealkylation sites (N-methyl/N-ethyl adjacent to an activating group) is 1. The Morgan fingerprint density at radius 2 is 1.97 bits per heavy atom. The monoisotopic (exact) mass is 416 g/mol. The Bertz CT molecular complexity index is 855. The van der Waals surface area contributed by atoms with Crippen LogP contribution < -0.4 is 0 Å². The van der Waals surface area contributed by atoms with Gasteiger partial charge in [-0.15, -0.1) is 11.8 Å². The maximum Gasteiger partial charge on any atom is 0.330 e. The summed E-state index contributed by atoms with van der Waals surface area (Å²) in [6.07, 6.45) is 1.53. The van der Waals surface area contributed by atoms with Gasteiger partial charge in [0.25, 0.3) is 5.91 Å². The number of esters is 1. The highest BCUT2D eigenvalue weighted by Crippen LogP contribution is 2.41. The van der Waals surface area contributed by atoms with Gasteiger partial charge in [-0.05, 0) is 24.6 Å². The molecule has 3 atom stereocenters. The van der Waals surface area contributed by atoms with Crippen LogP contribution in [-0.2, 0) is 19.1 Å². The van der Waals surface area contributed by atoms with Gasteiger partial charge in [0.2, 0.25) is 5.91 Å². The van der Waals surface area contributed by atoms with Gasteiger partial charge >= 0.3 is 5.97 Å². The second-order valence-electron chi connectivity index (χ2n) is 6.84. The SMILES string of the molecule is CC(=O)N1[C@@H](C(=O)OCC(=O)N(C)[C@H](C)c2ccccc2)CS[C@@H]1c1ccco1. The third kappa shape index (κ3) is 4.64. The van der Waals surface area contributed by atoms with Crippen molar-refractivity contribution in [2.75, 3.05) is 19.4 Å². The molecule has 2 heterocycles. The first-order valence-corrected chi connectivity index (χ1v) is 10.4. The fourth-order valence-electron chi connectivity index (χ4n) is 3.23. The average molecular weight is 416 g/mol. The number of amides is 2. The van der Waals surface area contributed by atoms with E-state index < -0.39 is 12.0 Å². The molecule has 0 bridgehead atoms. The van der Waals surface area contributed by atoms with Crippen LogP contribution in [0.1, 0.15) is 36.6 Å². The minimum absolute atomic E-state index is 0.151. The maximum absolute atomic E-state index is 12.6. The van der Waals surface area contributed by atoms with Gasteiger partial charge in [-0.1, -0.05) is 30.3 Å². The number of nitrogens with zero attached hydrogens (tertiary/aromatic N) is 2. The Kier molecular flexibility index (Phi) is 6.64. The van der Waals surface area contributed by atoms with Crippen molar-refractivity contribution in [2.24, 2.45) is 0 Å². The summed E-state index contributed by atoms with van der Waals surface area (Å²) in [6.45, 7) is 2.95. The van der Waals surface area contributed by atoms with Crippen molar-refractivity contribution in [1.29, 1.82) is 0 Å². The van der Waals surface area contributed by atoms with E-state index in [4.69, 9.17) is 9.15 Å². The molecule has 1 aromatic heterocycles. The zero-order valence-electron chi connectivity index (χ0n) is 16.6. The minimum atomic E-state index is -0.753. The fourth-order valence-corrected chi connectivity index (χ4v) is 4.64. The van der Waals surface area contributed by atoms with Crippen LogP contribution in [0.4, 0.5) is 0 Å². The van der Waals surface area contributed by atoms with E-state index in [1.807, 2.05) is 37.3 Å². The number of rotatable bonds is 6. The first-order chi connectivity index (χ1) is 13.9. The molecule has 2 aromatic rings. The Labute approximate surface area is 174 Å². The smallest absolute Gasteiger partial charge is 0.330 e. The van der Waals surface area contributed by atoms with Crippen molar-refractivity contribution in [1.82, 2.24) is 9.80 Å². The van der Waals surface area contributed by atoms with Crippen LogP contribution in [-0.4, -0.2) is 53.0 Å². The van der Waals surface area contributed by atoms with E-state index in [1.54, 1.807) is 24.1 Å². The highest BCUT2D eigenvalue weighted by atomic mass is 32.2. The van der Waals surface area contributed by atoms with Crippen LogP contribution in [0.5, 0.6) is 0 Å². The molecule has 29 heavy (non-hydrogen) atoms. The van der Waals surface area contributed by atoms with Crippen LogP contribution in [0.2, 0.25) is 0 Å². The van der Waals surface area contributed by atoms with E-state index in [2.05, 4.69) is 0 Å². The Balaban J connectivity index is 1.59. The van der Waals surface area contributed by atoms with E-state index >= 15 is 0 Å². The number of hydrogen-bond donors (Lipinski definition) is 0. The van der Waals surface area contributed by atoms with Gasteiger partial charge in [0, 0.05) is 19.7 Å². The molecule has 0 saturated carbocycles. The van der Waals surface area contributed by atoms with Gasteiger partial charge in [-0.25, -0.2) is 4.79 Å². The third-order valence-corrected chi connectivity index (χ3v) is 6.30. The standard InChI is InChI=1S/C21H24N2O5S/c1-14(16-8-5-4-6-9-16)22(3)19(25)12-28-21(26)17-13-29-20(23(17)15(2)24)18-10-7-11-27-18/h4-11,14,17,20H,12-13H2,1-3H3/t14-,17-,20-/m1/s1. The highest BCUT2D eigenvalue weighted by molar-refractivity contribution is 7.99. The molecule has 1 fully saturated rings. The first-order valence-electron chi connectivity index (χ1n) is 9.31. The summed E-state index contributed by atoms with van der Waals surface area (Å²) < 4.78 is 10.7. The van der Waals surface area contributed by atoms with Gasteiger partial charge in [-0.2, -0.15) is 0 Å². The summed E-state index contributed by atoms with van der Waals surface area (Å²) in [6, 6.07) is 12.2. The van der Waals surface area contributed by atoms with Crippen molar-refractivity contribution in [2.45, 2.75) is 31.3 Å². The Hall–Kier alpha value is -2.74. The molecule has 1 aliphatic rings. The van der Waals surface area contributed by atoms with E-state index in [-0.39, 0.29) is 29.8 Å². The van der Waals surface area contributed by atoms with Crippen LogP contribution in [0.25, 0.3) is 0 Å². The number of benzene rings is 1. The molecule has 0 spiro atoms. The molecule has 0 N–H and O–H groups in total. The van der Waals surface area contributed by atoms with Crippen LogP contribution in [0.15, 0.2) is 53.1 Å².